The van der Waals surface area contributed by atoms with E-state index in [1.54, 1.807) is 0 Å². The van der Waals surface area contributed by atoms with Gasteiger partial charge in [-0.15, -0.1) is 0 Å². The van der Waals surface area contributed by atoms with Crippen LogP contribution in [0, 0.1) is 12.8 Å². The predicted octanol–water partition coefficient (Wildman–Crippen LogP) is 3.98. The second-order valence-corrected chi connectivity index (χ2v) is 5.52. The van der Waals surface area contributed by atoms with Crippen LogP contribution in [0.3, 0.4) is 0 Å². The van der Waals surface area contributed by atoms with Gasteiger partial charge < -0.3 is 5.32 Å². The smallest absolute Gasteiger partial charge is 0.229 e. The van der Waals surface area contributed by atoms with E-state index in [4.69, 9.17) is 0 Å². The van der Waals surface area contributed by atoms with Gasteiger partial charge in [0.2, 0.25) is 5.91 Å². The van der Waals surface area contributed by atoms with Crippen molar-refractivity contribution < 1.29 is 4.79 Å². The van der Waals surface area contributed by atoms with Crippen molar-refractivity contribution in [3.05, 3.63) is 23.8 Å². The summed E-state index contributed by atoms with van der Waals surface area (Å²) in [6.07, 6.45) is 1.73. The number of anilines is 1. The molecule has 0 saturated carbocycles. The second-order valence-electron chi connectivity index (χ2n) is 4.49. The van der Waals surface area contributed by atoms with Crippen LogP contribution in [0.15, 0.2) is 18.2 Å². The molecule has 0 aliphatic carbocycles. The zero-order valence-corrected chi connectivity index (χ0v) is 11.8. The summed E-state index contributed by atoms with van der Waals surface area (Å²) in [7, 11) is 0. The van der Waals surface area contributed by atoms with Crippen molar-refractivity contribution in [3.8, 4) is 0 Å². The summed E-state index contributed by atoms with van der Waals surface area (Å²) in [6, 6.07) is 6.13. The van der Waals surface area contributed by atoms with Crippen molar-refractivity contribution in [2.45, 2.75) is 33.6 Å². The molecule has 1 amide bonds. The van der Waals surface area contributed by atoms with Gasteiger partial charge in [0.1, 0.15) is 0 Å². The minimum atomic E-state index is 0.0794. The van der Waals surface area contributed by atoms with Crippen molar-refractivity contribution in [2.75, 3.05) is 5.32 Å². The third-order valence-electron chi connectivity index (χ3n) is 3.13. The van der Waals surface area contributed by atoms with Gasteiger partial charge in [-0.1, -0.05) is 31.3 Å². The molecule has 0 atom stereocenters. The molecule has 96 valence electrons. The third kappa shape index (κ3) is 2.70. The van der Waals surface area contributed by atoms with Gasteiger partial charge in [0.15, 0.2) is 5.13 Å². The molecule has 1 N–H and O–H groups in total. The van der Waals surface area contributed by atoms with Crippen LogP contribution < -0.4 is 5.32 Å². The Kier molecular flexibility index (Phi) is 3.97. The van der Waals surface area contributed by atoms with Crippen LogP contribution in [0.2, 0.25) is 0 Å². The number of thiazole rings is 1. The zero-order valence-electron chi connectivity index (χ0n) is 11.0. The molecule has 0 unspecified atom stereocenters. The second kappa shape index (κ2) is 5.48. The summed E-state index contributed by atoms with van der Waals surface area (Å²) in [5, 5.41) is 3.62. The summed E-state index contributed by atoms with van der Waals surface area (Å²) in [6.45, 7) is 6.13. The molecule has 1 aromatic carbocycles. The average Bonchev–Trinajstić information content (AvgIpc) is 2.71. The van der Waals surface area contributed by atoms with Crippen molar-refractivity contribution >= 4 is 32.6 Å². The van der Waals surface area contributed by atoms with Gasteiger partial charge in [0.25, 0.3) is 0 Å². The quantitative estimate of drug-likeness (QED) is 0.905. The lowest BCUT2D eigenvalue weighted by atomic mass is 10.0. The Hall–Kier alpha value is -1.42. The largest absolute Gasteiger partial charge is 0.302 e. The van der Waals surface area contributed by atoms with E-state index in [1.165, 1.54) is 16.9 Å². The maximum Gasteiger partial charge on any atom is 0.229 e. The highest BCUT2D eigenvalue weighted by Gasteiger charge is 2.15. The van der Waals surface area contributed by atoms with E-state index >= 15 is 0 Å². The van der Waals surface area contributed by atoms with Crippen LogP contribution in [-0.4, -0.2) is 10.9 Å². The number of hydrogen-bond donors (Lipinski definition) is 1. The maximum absolute atomic E-state index is 12.0. The van der Waals surface area contributed by atoms with E-state index in [0.717, 1.165) is 23.1 Å². The number of nitrogens with zero attached hydrogens (tertiary/aromatic N) is 1. The number of fused-ring (bicyclic) bond motifs is 1. The Morgan fingerprint density at radius 1 is 1.39 bits per heavy atom. The Bertz CT molecular complexity index is 558. The van der Waals surface area contributed by atoms with Gasteiger partial charge in [-0.25, -0.2) is 4.98 Å². The summed E-state index contributed by atoms with van der Waals surface area (Å²) in [5.41, 5.74) is 2.16. The predicted molar refractivity (Wildman–Crippen MR) is 77.1 cm³/mol. The molecule has 0 radical (unpaired) electrons. The number of benzene rings is 1. The molecule has 0 saturated heterocycles. The molecule has 0 fully saturated rings. The van der Waals surface area contributed by atoms with Crippen LogP contribution in [0.1, 0.15) is 32.3 Å². The highest BCUT2D eigenvalue weighted by atomic mass is 32.1. The van der Waals surface area contributed by atoms with Crippen LogP contribution in [-0.2, 0) is 4.79 Å². The van der Waals surface area contributed by atoms with Gasteiger partial charge in [0, 0.05) is 5.92 Å². The van der Waals surface area contributed by atoms with Gasteiger partial charge in [-0.3, -0.25) is 4.79 Å². The minimum Gasteiger partial charge on any atom is -0.302 e. The zero-order chi connectivity index (χ0) is 13.1. The number of nitrogens with one attached hydrogen (secondary N) is 1. The van der Waals surface area contributed by atoms with Crippen molar-refractivity contribution in [1.82, 2.24) is 4.98 Å². The average molecular weight is 262 g/mol. The molecular formula is C14H18N2OS. The number of aryl methyl sites for hydroxylation is 1. The first kappa shape index (κ1) is 13.0. The highest BCUT2D eigenvalue weighted by molar-refractivity contribution is 7.22. The van der Waals surface area contributed by atoms with Crippen molar-refractivity contribution in [1.29, 1.82) is 0 Å². The number of hydrogen-bond acceptors (Lipinski definition) is 3. The van der Waals surface area contributed by atoms with E-state index in [-0.39, 0.29) is 11.8 Å². The lowest BCUT2D eigenvalue weighted by molar-refractivity contribution is -0.120. The molecule has 3 nitrogen and oxygen atoms in total. The van der Waals surface area contributed by atoms with Crippen LogP contribution in [0.4, 0.5) is 5.13 Å². The summed E-state index contributed by atoms with van der Waals surface area (Å²) in [4.78, 5) is 16.4. The Labute approximate surface area is 111 Å². The first-order valence-electron chi connectivity index (χ1n) is 6.32. The number of carbonyl (C=O) groups excluding carboxylic acids is 1. The molecule has 0 spiro atoms. The van der Waals surface area contributed by atoms with Crippen molar-refractivity contribution in [2.24, 2.45) is 5.92 Å². The maximum atomic E-state index is 12.0. The Morgan fingerprint density at radius 3 is 2.78 bits per heavy atom. The van der Waals surface area contributed by atoms with E-state index in [9.17, 15) is 4.79 Å². The third-order valence-corrected chi connectivity index (χ3v) is 4.06. The Morgan fingerprint density at radius 2 is 2.11 bits per heavy atom. The SMILES string of the molecule is CCC(CC)C(=O)Nc1nc2ccc(C)cc2s1. The highest BCUT2D eigenvalue weighted by Crippen LogP contribution is 2.27. The van der Waals surface area contributed by atoms with Gasteiger partial charge in [-0.2, -0.15) is 0 Å². The standard InChI is InChI=1S/C14H18N2OS/c1-4-10(5-2)13(17)16-14-15-11-7-6-9(3)8-12(11)18-14/h6-8,10H,4-5H2,1-3H3,(H,15,16,17). The fraction of sp³-hybridized carbons (Fsp3) is 0.429. The molecule has 1 aromatic heterocycles. The van der Waals surface area contributed by atoms with E-state index < -0.39 is 0 Å². The normalized spacial score (nSPS) is 11.1. The molecule has 0 aliphatic rings. The van der Waals surface area contributed by atoms with Crippen molar-refractivity contribution in [3.63, 3.8) is 0 Å². The lowest BCUT2D eigenvalue weighted by Gasteiger charge is -2.10. The van der Waals surface area contributed by atoms with Crippen LogP contribution in [0.5, 0.6) is 0 Å². The molecule has 0 bridgehead atoms. The topological polar surface area (TPSA) is 42.0 Å². The summed E-state index contributed by atoms with van der Waals surface area (Å²) >= 11 is 1.54. The fourth-order valence-electron chi connectivity index (χ4n) is 1.95. The summed E-state index contributed by atoms with van der Waals surface area (Å²) < 4.78 is 1.12. The molecule has 1 heterocycles. The molecule has 0 aliphatic heterocycles. The van der Waals surface area contributed by atoms with Crippen LogP contribution in [0.25, 0.3) is 10.2 Å². The summed E-state index contributed by atoms with van der Waals surface area (Å²) in [5.74, 6) is 0.162. The fourth-order valence-corrected chi connectivity index (χ4v) is 2.92. The molecular weight excluding hydrogens is 244 g/mol. The molecule has 2 aromatic rings. The first-order chi connectivity index (χ1) is 8.63. The van der Waals surface area contributed by atoms with Gasteiger partial charge in [0.05, 0.1) is 10.2 Å². The van der Waals surface area contributed by atoms with Gasteiger partial charge >= 0.3 is 0 Å². The Balaban J connectivity index is 2.19. The molecule has 18 heavy (non-hydrogen) atoms. The molecule has 2 rings (SSSR count). The molecule has 4 heteroatoms. The number of aromatic nitrogens is 1. The number of carbonyl (C=O) groups is 1. The van der Waals surface area contributed by atoms with Gasteiger partial charge in [-0.05, 0) is 37.5 Å². The minimum absolute atomic E-state index is 0.0794. The lowest BCUT2D eigenvalue weighted by Crippen LogP contribution is -2.21. The van der Waals surface area contributed by atoms with E-state index in [1.807, 2.05) is 26.0 Å². The van der Waals surface area contributed by atoms with Crippen LogP contribution >= 0.6 is 11.3 Å². The monoisotopic (exact) mass is 262 g/mol. The number of amides is 1. The first-order valence-corrected chi connectivity index (χ1v) is 7.13. The number of rotatable bonds is 4. The van der Waals surface area contributed by atoms with E-state index in [2.05, 4.69) is 23.3 Å². The van der Waals surface area contributed by atoms with E-state index in [0.29, 0.717) is 5.13 Å².